The Kier molecular flexibility index (Phi) is 3.59. The molecule has 1 aliphatic heterocycles. The van der Waals surface area contributed by atoms with Crippen LogP contribution >= 0.6 is 11.6 Å². The standard InChI is InChI=1S/C15H20ClNO2/c1-2-15(3-4-15)10-17-9-11-7-12(16)14-13(8-11)18-5-6-19-14/h7-8,17H,2-6,9-10H2,1H3. The highest BCUT2D eigenvalue weighted by Gasteiger charge is 2.39. The molecule has 0 unspecified atom stereocenters. The van der Waals surface area contributed by atoms with Crippen molar-refractivity contribution in [3.8, 4) is 11.5 Å². The van der Waals surface area contributed by atoms with E-state index in [0.29, 0.717) is 29.4 Å². The number of hydrogen-bond acceptors (Lipinski definition) is 3. The predicted molar refractivity (Wildman–Crippen MR) is 76.1 cm³/mol. The third-order valence-electron chi connectivity index (χ3n) is 4.19. The van der Waals surface area contributed by atoms with Gasteiger partial charge in [0.25, 0.3) is 0 Å². The van der Waals surface area contributed by atoms with E-state index in [9.17, 15) is 0 Å². The topological polar surface area (TPSA) is 30.5 Å². The van der Waals surface area contributed by atoms with Crippen LogP contribution in [-0.4, -0.2) is 19.8 Å². The van der Waals surface area contributed by atoms with Gasteiger partial charge in [-0.2, -0.15) is 0 Å². The molecule has 2 aliphatic rings. The summed E-state index contributed by atoms with van der Waals surface area (Å²) in [4.78, 5) is 0. The van der Waals surface area contributed by atoms with Crippen LogP contribution in [0.4, 0.5) is 0 Å². The van der Waals surface area contributed by atoms with Gasteiger partial charge in [0.1, 0.15) is 13.2 Å². The molecule has 4 heteroatoms. The van der Waals surface area contributed by atoms with Crippen LogP contribution in [0.5, 0.6) is 11.5 Å². The molecular formula is C15H20ClNO2. The summed E-state index contributed by atoms with van der Waals surface area (Å²) in [6, 6.07) is 3.99. The molecule has 1 fully saturated rings. The first-order valence-electron chi connectivity index (χ1n) is 7.01. The summed E-state index contributed by atoms with van der Waals surface area (Å²) in [6.07, 6.45) is 3.98. The van der Waals surface area contributed by atoms with Gasteiger partial charge in [-0.15, -0.1) is 0 Å². The van der Waals surface area contributed by atoms with Crippen molar-refractivity contribution in [2.24, 2.45) is 5.41 Å². The Morgan fingerprint density at radius 1 is 1.26 bits per heavy atom. The minimum Gasteiger partial charge on any atom is -0.486 e. The van der Waals surface area contributed by atoms with Crippen molar-refractivity contribution < 1.29 is 9.47 Å². The molecule has 0 atom stereocenters. The van der Waals surface area contributed by atoms with Gasteiger partial charge >= 0.3 is 0 Å². The number of rotatable bonds is 5. The summed E-state index contributed by atoms with van der Waals surface area (Å²) >= 11 is 6.22. The summed E-state index contributed by atoms with van der Waals surface area (Å²) in [7, 11) is 0. The second-order valence-corrected chi connectivity index (χ2v) is 5.97. The molecule has 3 nitrogen and oxygen atoms in total. The van der Waals surface area contributed by atoms with Crippen LogP contribution in [0.15, 0.2) is 12.1 Å². The maximum atomic E-state index is 6.22. The van der Waals surface area contributed by atoms with Gasteiger partial charge in [0, 0.05) is 13.1 Å². The van der Waals surface area contributed by atoms with Gasteiger partial charge in [-0.05, 0) is 42.4 Å². The average Bonchev–Trinajstić information content (AvgIpc) is 3.19. The molecule has 0 aromatic heterocycles. The van der Waals surface area contributed by atoms with Crippen LogP contribution in [0.1, 0.15) is 31.7 Å². The van der Waals surface area contributed by atoms with Crippen molar-refractivity contribution in [2.45, 2.75) is 32.7 Å². The average molecular weight is 282 g/mol. The fourth-order valence-electron chi connectivity index (χ4n) is 2.57. The Balaban J connectivity index is 1.63. The quantitative estimate of drug-likeness (QED) is 0.897. The van der Waals surface area contributed by atoms with Gasteiger partial charge in [0.05, 0.1) is 5.02 Å². The molecule has 1 aromatic carbocycles. The van der Waals surface area contributed by atoms with Crippen molar-refractivity contribution in [1.29, 1.82) is 0 Å². The van der Waals surface area contributed by atoms with E-state index in [1.807, 2.05) is 12.1 Å². The van der Waals surface area contributed by atoms with Gasteiger partial charge in [-0.25, -0.2) is 0 Å². The largest absolute Gasteiger partial charge is 0.486 e. The van der Waals surface area contributed by atoms with E-state index in [4.69, 9.17) is 21.1 Å². The Hall–Kier alpha value is -0.930. The summed E-state index contributed by atoms with van der Waals surface area (Å²) in [6.45, 7) is 5.37. The van der Waals surface area contributed by atoms with Crippen molar-refractivity contribution in [3.05, 3.63) is 22.7 Å². The van der Waals surface area contributed by atoms with Crippen molar-refractivity contribution >= 4 is 11.6 Å². The first-order chi connectivity index (χ1) is 9.22. The molecule has 1 N–H and O–H groups in total. The molecule has 1 saturated carbocycles. The summed E-state index contributed by atoms with van der Waals surface area (Å²) in [5.74, 6) is 1.45. The number of nitrogens with one attached hydrogen (secondary N) is 1. The molecule has 1 aliphatic carbocycles. The second kappa shape index (κ2) is 5.22. The molecule has 19 heavy (non-hydrogen) atoms. The smallest absolute Gasteiger partial charge is 0.179 e. The first kappa shape index (κ1) is 13.1. The lowest BCUT2D eigenvalue weighted by molar-refractivity contribution is 0.171. The summed E-state index contributed by atoms with van der Waals surface area (Å²) < 4.78 is 11.1. The van der Waals surface area contributed by atoms with Crippen LogP contribution in [-0.2, 0) is 6.54 Å². The van der Waals surface area contributed by atoms with Crippen molar-refractivity contribution in [1.82, 2.24) is 5.32 Å². The number of fused-ring (bicyclic) bond motifs is 1. The highest BCUT2D eigenvalue weighted by Crippen LogP contribution is 2.48. The van der Waals surface area contributed by atoms with E-state index in [0.717, 1.165) is 24.4 Å². The highest BCUT2D eigenvalue weighted by molar-refractivity contribution is 6.32. The Morgan fingerprint density at radius 3 is 2.79 bits per heavy atom. The zero-order valence-corrected chi connectivity index (χ0v) is 12.1. The van der Waals surface area contributed by atoms with Crippen LogP contribution in [0.2, 0.25) is 5.02 Å². The SMILES string of the molecule is CCC1(CNCc2cc(Cl)c3c(c2)OCCO3)CC1. The van der Waals surface area contributed by atoms with E-state index >= 15 is 0 Å². The number of benzene rings is 1. The third-order valence-corrected chi connectivity index (χ3v) is 4.47. The lowest BCUT2D eigenvalue weighted by Crippen LogP contribution is -2.23. The molecule has 3 rings (SSSR count). The Bertz CT molecular complexity index is 471. The molecule has 0 radical (unpaired) electrons. The van der Waals surface area contributed by atoms with E-state index in [-0.39, 0.29) is 0 Å². The van der Waals surface area contributed by atoms with Crippen molar-refractivity contribution in [2.75, 3.05) is 19.8 Å². The third kappa shape index (κ3) is 2.82. The molecule has 0 spiro atoms. The van der Waals surface area contributed by atoms with Crippen LogP contribution < -0.4 is 14.8 Å². The van der Waals surface area contributed by atoms with Crippen LogP contribution in [0, 0.1) is 5.41 Å². The fraction of sp³-hybridized carbons (Fsp3) is 0.600. The minimum atomic E-state index is 0.567. The summed E-state index contributed by atoms with van der Waals surface area (Å²) in [5.41, 5.74) is 1.72. The van der Waals surface area contributed by atoms with Crippen LogP contribution in [0.25, 0.3) is 0 Å². The Morgan fingerprint density at radius 2 is 2.05 bits per heavy atom. The van der Waals surface area contributed by atoms with Gasteiger partial charge in [-0.1, -0.05) is 18.5 Å². The molecular weight excluding hydrogens is 262 g/mol. The second-order valence-electron chi connectivity index (χ2n) is 5.56. The van der Waals surface area contributed by atoms with E-state index in [2.05, 4.69) is 12.2 Å². The van der Waals surface area contributed by atoms with Crippen LogP contribution in [0.3, 0.4) is 0 Å². The Labute approximate surface area is 119 Å². The van der Waals surface area contributed by atoms with E-state index in [1.54, 1.807) is 0 Å². The zero-order valence-electron chi connectivity index (χ0n) is 11.3. The minimum absolute atomic E-state index is 0.567. The maximum Gasteiger partial charge on any atom is 0.179 e. The summed E-state index contributed by atoms with van der Waals surface area (Å²) in [5, 5.41) is 4.18. The number of halogens is 1. The lowest BCUT2D eigenvalue weighted by Gasteiger charge is -2.20. The highest BCUT2D eigenvalue weighted by atomic mass is 35.5. The molecule has 0 saturated heterocycles. The first-order valence-corrected chi connectivity index (χ1v) is 7.39. The predicted octanol–water partition coefficient (Wildman–Crippen LogP) is 3.39. The zero-order chi connectivity index (χ0) is 13.3. The van der Waals surface area contributed by atoms with E-state index in [1.165, 1.54) is 19.3 Å². The molecule has 1 heterocycles. The van der Waals surface area contributed by atoms with Gasteiger partial charge in [0.15, 0.2) is 11.5 Å². The van der Waals surface area contributed by atoms with E-state index < -0.39 is 0 Å². The van der Waals surface area contributed by atoms with Crippen molar-refractivity contribution in [3.63, 3.8) is 0 Å². The molecule has 0 amide bonds. The van der Waals surface area contributed by atoms with Gasteiger partial charge in [-0.3, -0.25) is 0 Å². The lowest BCUT2D eigenvalue weighted by atomic mass is 10.0. The fourth-order valence-corrected chi connectivity index (χ4v) is 2.86. The molecule has 0 bridgehead atoms. The number of ether oxygens (including phenoxy) is 2. The monoisotopic (exact) mass is 281 g/mol. The number of hydrogen-bond donors (Lipinski definition) is 1. The molecule has 104 valence electrons. The normalized spacial score (nSPS) is 19.3. The van der Waals surface area contributed by atoms with Gasteiger partial charge < -0.3 is 14.8 Å². The molecule has 1 aromatic rings. The maximum absolute atomic E-state index is 6.22. The van der Waals surface area contributed by atoms with Gasteiger partial charge in [0.2, 0.25) is 0 Å².